The summed E-state index contributed by atoms with van der Waals surface area (Å²) >= 11 is 0. The second-order valence-electron chi connectivity index (χ2n) is 6.32. The topological polar surface area (TPSA) is 64.3 Å². The lowest BCUT2D eigenvalue weighted by Gasteiger charge is -2.12. The Hall–Kier alpha value is -2.33. The molecule has 0 saturated heterocycles. The normalized spacial score (nSPS) is 11.8. The number of rotatable bonds is 7. The van der Waals surface area contributed by atoms with E-state index in [0.29, 0.717) is 19.4 Å². The molecule has 0 aromatic heterocycles. The monoisotopic (exact) mass is 326 g/mol. The summed E-state index contributed by atoms with van der Waals surface area (Å²) in [6, 6.07) is 14.0. The molecule has 0 fully saturated rings. The molecule has 0 aliphatic rings. The van der Waals surface area contributed by atoms with E-state index in [9.17, 15) is 4.79 Å². The first-order chi connectivity index (χ1) is 11.4. The van der Waals surface area contributed by atoms with Gasteiger partial charge in [-0.25, -0.2) is 0 Å². The minimum Gasteiger partial charge on any atom is -0.489 e. The standard InChI is InChI=1S/C20H26N2O2/c1-14-5-4-6-17(11-14)13-24-18-8-9-19(15(2)12-18)22-20(23)10-7-16(3)21/h4-6,8-9,11-12,16H,7,10,13,21H2,1-3H3,(H,22,23). The molecule has 0 aliphatic carbocycles. The molecule has 1 unspecified atom stereocenters. The highest BCUT2D eigenvalue weighted by Crippen LogP contribution is 2.22. The molecular formula is C20H26N2O2. The number of hydrogen-bond donors (Lipinski definition) is 2. The quantitative estimate of drug-likeness (QED) is 0.810. The highest BCUT2D eigenvalue weighted by Gasteiger charge is 2.07. The van der Waals surface area contributed by atoms with Crippen molar-refractivity contribution in [3.63, 3.8) is 0 Å². The number of aryl methyl sites for hydroxylation is 2. The van der Waals surface area contributed by atoms with Crippen molar-refractivity contribution in [2.45, 2.75) is 46.3 Å². The lowest BCUT2D eigenvalue weighted by atomic mass is 10.1. The van der Waals surface area contributed by atoms with Crippen LogP contribution in [0.25, 0.3) is 0 Å². The summed E-state index contributed by atoms with van der Waals surface area (Å²) in [5.41, 5.74) is 9.83. The van der Waals surface area contributed by atoms with E-state index < -0.39 is 0 Å². The van der Waals surface area contributed by atoms with E-state index in [1.807, 2.05) is 44.2 Å². The smallest absolute Gasteiger partial charge is 0.224 e. The second-order valence-corrected chi connectivity index (χ2v) is 6.32. The maximum Gasteiger partial charge on any atom is 0.224 e. The molecule has 128 valence electrons. The zero-order chi connectivity index (χ0) is 17.5. The molecule has 0 bridgehead atoms. The Bertz CT molecular complexity index is 696. The molecule has 1 atom stereocenters. The molecule has 24 heavy (non-hydrogen) atoms. The molecule has 4 nitrogen and oxygen atoms in total. The second kappa shape index (κ2) is 8.50. The number of carbonyl (C=O) groups is 1. The van der Waals surface area contributed by atoms with Gasteiger partial charge in [-0.1, -0.05) is 29.8 Å². The van der Waals surface area contributed by atoms with Gasteiger partial charge < -0.3 is 15.8 Å². The van der Waals surface area contributed by atoms with Crippen LogP contribution in [0.15, 0.2) is 42.5 Å². The Labute approximate surface area is 144 Å². The van der Waals surface area contributed by atoms with Gasteiger partial charge in [0.2, 0.25) is 5.91 Å². The fraction of sp³-hybridized carbons (Fsp3) is 0.350. The van der Waals surface area contributed by atoms with Crippen molar-refractivity contribution in [3.8, 4) is 5.75 Å². The van der Waals surface area contributed by atoms with Crippen molar-refractivity contribution >= 4 is 11.6 Å². The lowest BCUT2D eigenvalue weighted by Crippen LogP contribution is -2.19. The van der Waals surface area contributed by atoms with Crippen molar-refractivity contribution < 1.29 is 9.53 Å². The van der Waals surface area contributed by atoms with Gasteiger partial charge in [0, 0.05) is 18.2 Å². The van der Waals surface area contributed by atoms with Crippen LogP contribution < -0.4 is 15.8 Å². The summed E-state index contributed by atoms with van der Waals surface area (Å²) in [5, 5.41) is 2.92. The maximum atomic E-state index is 11.9. The van der Waals surface area contributed by atoms with Crippen LogP contribution >= 0.6 is 0 Å². The summed E-state index contributed by atoms with van der Waals surface area (Å²) in [6.45, 7) is 6.46. The Morgan fingerprint density at radius 2 is 2.00 bits per heavy atom. The zero-order valence-corrected chi connectivity index (χ0v) is 14.6. The molecule has 0 saturated carbocycles. The van der Waals surface area contributed by atoms with E-state index in [4.69, 9.17) is 10.5 Å². The van der Waals surface area contributed by atoms with Crippen LogP contribution in [0.1, 0.15) is 36.5 Å². The van der Waals surface area contributed by atoms with Gasteiger partial charge >= 0.3 is 0 Å². The van der Waals surface area contributed by atoms with Crippen LogP contribution in [0.2, 0.25) is 0 Å². The van der Waals surface area contributed by atoms with Crippen molar-refractivity contribution in [2.75, 3.05) is 5.32 Å². The maximum absolute atomic E-state index is 11.9. The van der Waals surface area contributed by atoms with Gasteiger partial charge in [-0.3, -0.25) is 4.79 Å². The lowest BCUT2D eigenvalue weighted by molar-refractivity contribution is -0.116. The number of amides is 1. The minimum atomic E-state index is -0.0103. The predicted molar refractivity (Wildman–Crippen MR) is 98.2 cm³/mol. The fourth-order valence-electron chi connectivity index (χ4n) is 2.41. The molecule has 0 radical (unpaired) electrons. The summed E-state index contributed by atoms with van der Waals surface area (Å²) in [7, 11) is 0. The molecule has 0 spiro atoms. The first-order valence-corrected chi connectivity index (χ1v) is 8.28. The van der Waals surface area contributed by atoms with E-state index in [1.54, 1.807) is 0 Å². The average molecular weight is 326 g/mol. The van der Waals surface area contributed by atoms with Crippen molar-refractivity contribution in [3.05, 3.63) is 59.2 Å². The molecule has 0 aliphatic heterocycles. The van der Waals surface area contributed by atoms with Crippen LogP contribution in [0, 0.1) is 13.8 Å². The van der Waals surface area contributed by atoms with Gasteiger partial charge in [0.1, 0.15) is 12.4 Å². The SMILES string of the molecule is Cc1cccc(COc2ccc(NC(=O)CCC(C)N)c(C)c2)c1. The number of benzene rings is 2. The number of carbonyl (C=O) groups excluding carboxylic acids is 1. The van der Waals surface area contributed by atoms with Crippen molar-refractivity contribution in [1.82, 2.24) is 0 Å². The molecule has 2 aromatic rings. The predicted octanol–water partition coefficient (Wildman–Crippen LogP) is 3.95. The Balaban J connectivity index is 1.93. The van der Waals surface area contributed by atoms with Gasteiger partial charge in [0.05, 0.1) is 0 Å². The largest absolute Gasteiger partial charge is 0.489 e. The first-order valence-electron chi connectivity index (χ1n) is 8.28. The van der Waals surface area contributed by atoms with Crippen LogP contribution in [-0.4, -0.2) is 11.9 Å². The Morgan fingerprint density at radius 1 is 1.21 bits per heavy atom. The molecule has 1 amide bonds. The van der Waals surface area contributed by atoms with Gasteiger partial charge in [-0.2, -0.15) is 0 Å². The summed E-state index contributed by atoms with van der Waals surface area (Å²) in [6.07, 6.45) is 1.12. The molecule has 2 aromatic carbocycles. The molecule has 4 heteroatoms. The Morgan fingerprint density at radius 3 is 2.67 bits per heavy atom. The van der Waals surface area contributed by atoms with Crippen LogP contribution in [0.3, 0.4) is 0 Å². The van der Waals surface area contributed by atoms with Crippen LogP contribution in [-0.2, 0) is 11.4 Å². The number of nitrogens with one attached hydrogen (secondary N) is 1. The van der Waals surface area contributed by atoms with Gasteiger partial charge in [0.25, 0.3) is 0 Å². The Kier molecular flexibility index (Phi) is 6.38. The van der Waals surface area contributed by atoms with Crippen LogP contribution in [0.5, 0.6) is 5.75 Å². The van der Waals surface area contributed by atoms with E-state index in [-0.39, 0.29) is 11.9 Å². The summed E-state index contributed by atoms with van der Waals surface area (Å²) < 4.78 is 5.84. The third-order valence-electron chi connectivity index (χ3n) is 3.79. The highest BCUT2D eigenvalue weighted by atomic mass is 16.5. The number of nitrogens with two attached hydrogens (primary N) is 1. The van der Waals surface area contributed by atoms with Gasteiger partial charge in [-0.05, 0) is 56.5 Å². The van der Waals surface area contributed by atoms with Crippen molar-refractivity contribution in [2.24, 2.45) is 5.73 Å². The number of anilines is 1. The average Bonchev–Trinajstić information content (AvgIpc) is 2.53. The summed E-state index contributed by atoms with van der Waals surface area (Å²) in [4.78, 5) is 11.9. The van der Waals surface area contributed by atoms with Gasteiger partial charge in [0.15, 0.2) is 0 Å². The molecule has 0 heterocycles. The molecule has 3 N–H and O–H groups in total. The third-order valence-corrected chi connectivity index (χ3v) is 3.79. The molecule has 2 rings (SSSR count). The fourth-order valence-corrected chi connectivity index (χ4v) is 2.41. The van der Waals surface area contributed by atoms with E-state index in [1.165, 1.54) is 5.56 Å². The number of ether oxygens (including phenoxy) is 1. The van der Waals surface area contributed by atoms with Gasteiger partial charge in [-0.15, -0.1) is 0 Å². The number of hydrogen-bond acceptors (Lipinski definition) is 3. The van der Waals surface area contributed by atoms with Crippen molar-refractivity contribution in [1.29, 1.82) is 0 Å². The zero-order valence-electron chi connectivity index (χ0n) is 14.6. The molecular weight excluding hydrogens is 300 g/mol. The third kappa shape index (κ3) is 5.70. The van der Waals surface area contributed by atoms with Crippen LogP contribution in [0.4, 0.5) is 5.69 Å². The van der Waals surface area contributed by atoms with E-state index >= 15 is 0 Å². The first kappa shape index (κ1) is 18.0. The van der Waals surface area contributed by atoms with E-state index in [0.717, 1.165) is 22.6 Å². The summed E-state index contributed by atoms with van der Waals surface area (Å²) in [5.74, 6) is 0.784. The minimum absolute atomic E-state index is 0.0103. The van der Waals surface area contributed by atoms with E-state index in [2.05, 4.69) is 24.4 Å². The highest BCUT2D eigenvalue weighted by molar-refractivity contribution is 5.91.